The zero-order valence-electron chi connectivity index (χ0n) is 10.3. The first kappa shape index (κ1) is 10.8. The molecule has 3 rings (SSSR count). The molecule has 0 atom stereocenters. The third-order valence-corrected chi connectivity index (χ3v) is 3.50. The predicted octanol–water partition coefficient (Wildman–Crippen LogP) is 4.44. The highest BCUT2D eigenvalue weighted by Gasteiger charge is 2.13. The van der Waals surface area contributed by atoms with Gasteiger partial charge in [-0.15, -0.1) is 0 Å². The van der Waals surface area contributed by atoms with Crippen LogP contribution in [0.5, 0.6) is 0 Å². The monoisotopic (exact) mass is 231 g/mol. The number of nitriles is 1. The highest BCUT2D eigenvalue weighted by molar-refractivity contribution is 5.90. The van der Waals surface area contributed by atoms with Crippen molar-refractivity contribution in [3.63, 3.8) is 0 Å². The van der Waals surface area contributed by atoms with Crippen molar-refractivity contribution in [2.45, 2.75) is 13.3 Å². The Hall–Kier alpha value is -2.33. The summed E-state index contributed by atoms with van der Waals surface area (Å²) in [5.41, 5.74) is 4.39. The number of nitrogens with zero attached hydrogens (tertiary/aromatic N) is 1. The molecule has 0 spiro atoms. The summed E-state index contributed by atoms with van der Waals surface area (Å²) < 4.78 is 0. The molecule has 86 valence electrons. The summed E-state index contributed by atoms with van der Waals surface area (Å²) in [5.74, 6) is 0. The molecular weight excluding hydrogens is 218 g/mol. The number of hydrogen-bond donors (Lipinski definition) is 0. The Bertz CT molecular complexity index is 727. The Morgan fingerprint density at radius 1 is 1.11 bits per heavy atom. The van der Waals surface area contributed by atoms with E-state index in [-0.39, 0.29) is 0 Å². The molecule has 18 heavy (non-hydrogen) atoms. The number of benzene rings is 2. The van der Waals surface area contributed by atoms with E-state index in [0.29, 0.717) is 0 Å². The predicted molar refractivity (Wildman–Crippen MR) is 75.0 cm³/mol. The molecule has 0 heterocycles. The van der Waals surface area contributed by atoms with Gasteiger partial charge in [-0.2, -0.15) is 5.26 Å². The Balaban J connectivity index is 2.29. The largest absolute Gasteiger partial charge is 0.192 e. The molecule has 1 heteroatoms. The number of fused-ring (bicyclic) bond motifs is 1. The minimum absolute atomic E-state index is 0.770. The van der Waals surface area contributed by atoms with Gasteiger partial charge in [0.2, 0.25) is 0 Å². The molecule has 2 aromatic carbocycles. The highest BCUT2D eigenvalue weighted by Crippen LogP contribution is 2.33. The summed E-state index contributed by atoms with van der Waals surface area (Å²) in [6.07, 6.45) is 5.21. The first-order valence-electron chi connectivity index (χ1n) is 6.09. The van der Waals surface area contributed by atoms with Crippen LogP contribution in [0.3, 0.4) is 0 Å². The molecule has 0 unspecified atom stereocenters. The van der Waals surface area contributed by atoms with Gasteiger partial charge in [0.05, 0.1) is 11.6 Å². The molecule has 0 saturated heterocycles. The summed E-state index contributed by atoms with van der Waals surface area (Å²) in [7, 11) is 0. The van der Waals surface area contributed by atoms with E-state index in [2.05, 4.69) is 37.3 Å². The second-order valence-electron chi connectivity index (χ2n) is 4.62. The molecule has 0 fully saturated rings. The quantitative estimate of drug-likeness (QED) is 0.711. The third-order valence-electron chi connectivity index (χ3n) is 3.50. The third kappa shape index (κ3) is 1.63. The van der Waals surface area contributed by atoms with Crippen LogP contribution < -0.4 is 0 Å². The average Bonchev–Trinajstić information content (AvgIpc) is 2.83. The normalized spacial score (nSPS) is 14.2. The van der Waals surface area contributed by atoms with Crippen LogP contribution in [0.4, 0.5) is 0 Å². The standard InChI is InChI=1S/C17H13N/c1-12-5-4-8-16(12)17-10-14-7-3-2-6-13(14)9-15(17)11-18/h2-7,9-10H,8H2,1H3. The number of allylic oxidation sites excluding steroid dienone is 4. The maximum Gasteiger partial charge on any atom is 0.0998 e. The molecule has 0 aliphatic heterocycles. The minimum Gasteiger partial charge on any atom is -0.192 e. The molecule has 0 aromatic heterocycles. The summed E-state index contributed by atoms with van der Waals surface area (Å²) in [4.78, 5) is 0. The van der Waals surface area contributed by atoms with E-state index in [1.54, 1.807) is 0 Å². The molecule has 0 amide bonds. The zero-order valence-corrected chi connectivity index (χ0v) is 10.3. The van der Waals surface area contributed by atoms with Gasteiger partial charge in [0.1, 0.15) is 0 Å². The van der Waals surface area contributed by atoms with Crippen molar-refractivity contribution in [2.24, 2.45) is 0 Å². The van der Waals surface area contributed by atoms with Crippen LogP contribution in [0, 0.1) is 11.3 Å². The van der Waals surface area contributed by atoms with Gasteiger partial charge in [-0.1, -0.05) is 36.4 Å². The second-order valence-corrected chi connectivity index (χ2v) is 4.62. The van der Waals surface area contributed by atoms with Crippen LogP contribution in [0.15, 0.2) is 54.1 Å². The first-order chi connectivity index (χ1) is 8.79. The van der Waals surface area contributed by atoms with E-state index >= 15 is 0 Å². The van der Waals surface area contributed by atoms with Gasteiger partial charge in [-0.3, -0.25) is 0 Å². The molecule has 0 radical (unpaired) electrons. The first-order valence-corrected chi connectivity index (χ1v) is 6.09. The Labute approximate surface area is 107 Å². The van der Waals surface area contributed by atoms with Crippen LogP contribution >= 0.6 is 0 Å². The van der Waals surface area contributed by atoms with Gasteiger partial charge in [-0.25, -0.2) is 0 Å². The molecule has 1 nitrogen and oxygen atoms in total. The lowest BCUT2D eigenvalue weighted by molar-refractivity contribution is 1.39. The Morgan fingerprint density at radius 3 is 2.44 bits per heavy atom. The molecule has 1 aliphatic carbocycles. The van der Waals surface area contributed by atoms with Crippen LogP contribution in [0.2, 0.25) is 0 Å². The fraction of sp³-hybridized carbons (Fsp3) is 0.118. The van der Waals surface area contributed by atoms with Crippen molar-refractivity contribution in [3.8, 4) is 6.07 Å². The molecule has 1 aliphatic rings. The molecule has 0 saturated carbocycles. The lowest BCUT2D eigenvalue weighted by Crippen LogP contribution is -1.90. The maximum absolute atomic E-state index is 9.33. The number of hydrogen-bond acceptors (Lipinski definition) is 1. The fourth-order valence-electron chi connectivity index (χ4n) is 2.52. The van der Waals surface area contributed by atoms with Crippen molar-refractivity contribution >= 4 is 16.3 Å². The topological polar surface area (TPSA) is 23.8 Å². The van der Waals surface area contributed by atoms with Crippen molar-refractivity contribution in [1.82, 2.24) is 0 Å². The van der Waals surface area contributed by atoms with Gasteiger partial charge in [0, 0.05) is 0 Å². The van der Waals surface area contributed by atoms with Gasteiger partial charge in [0.15, 0.2) is 0 Å². The SMILES string of the molecule is CC1=C(c2cc3ccccc3cc2C#N)CC=C1. The summed E-state index contributed by atoms with van der Waals surface area (Å²) in [6.45, 7) is 2.11. The molecule has 0 bridgehead atoms. The summed E-state index contributed by atoms with van der Waals surface area (Å²) in [5, 5.41) is 11.7. The lowest BCUT2D eigenvalue weighted by atomic mass is 9.94. The average molecular weight is 231 g/mol. The molecular formula is C17H13N. The van der Waals surface area contributed by atoms with Crippen molar-refractivity contribution < 1.29 is 0 Å². The smallest absolute Gasteiger partial charge is 0.0998 e. The van der Waals surface area contributed by atoms with Gasteiger partial charge >= 0.3 is 0 Å². The van der Waals surface area contributed by atoms with Gasteiger partial charge in [0.25, 0.3) is 0 Å². The van der Waals surface area contributed by atoms with Crippen LogP contribution in [0.1, 0.15) is 24.5 Å². The minimum atomic E-state index is 0.770. The zero-order chi connectivity index (χ0) is 12.5. The molecule has 0 N–H and O–H groups in total. The fourth-order valence-corrected chi connectivity index (χ4v) is 2.52. The van der Waals surface area contributed by atoms with Crippen LogP contribution in [-0.2, 0) is 0 Å². The Kier molecular flexibility index (Phi) is 2.50. The Morgan fingerprint density at radius 2 is 1.83 bits per heavy atom. The van der Waals surface area contributed by atoms with Gasteiger partial charge in [-0.05, 0) is 53.0 Å². The lowest BCUT2D eigenvalue weighted by Gasteiger charge is -2.09. The maximum atomic E-state index is 9.33. The highest BCUT2D eigenvalue weighted by atomic mass is 14.3. The molecule has 2 aromatic rings. The van der Waals surface area contributed by atoms with Crippen LogP contribution in [0.25, 0.3) is 16.3 Å². The van der Waals surface area contributed by atoms with Crippen LogP contribution in [-0.4, -0.2) is 0 Å². The van der Waals surface area contributed by atoms with E-state index in [1.165, 1.54) is 16.5 Å². The summed E-state index contributed by atoms with van der Waals surface area (Å²) >= 11 is 0. The van der Waals surface area contributed by atoms with E-state index in [1.807, 2.05) is 24.3 Å². The number of rotatable bonds is 1. The summed E-state index contributed by atoms with van der Waals surface area (Å²) in [6, 6.07) is 14.6. The second kappa shape index (κ2) is 4.16. The van der Waals surface area contributed by atoms with Crippen molar-refractivity contribution in [2.75, 3.05) is 0 Å². The van der Waals surface area contributed by atoms with E-state index in [9.17, 15) is 5.26 Å². The van der Waals surface area contributed by atoms with E-state index in [0.717, 1.165) is 22.9 Å². The van der Waals surface area contributed by atoms with Crippen molar-refractivity contribution in [3.05, 3.63) is 65.3 Å². The van der Waals surface area contributed by atoms with Crippen molar-refractivity contribution in [1.29, 1.82) is 5.26 Å². The van der Waals surface area contributed by atoms with E-state index in [4.69, 9.17) is 0 Å². The van der Waals surface area contributed by atoms with Gasteiger partial charge < -0.3 is 0 Å². The van der Waals surface area contributed by atoms with E-state index < -0.39 is 0 Å².